The second-order valence-electron chi connectivity index (χ2n) is 6.79. The van der Waals surface area contributed by atoms with Crippen LogP contribution in [0.5, 0.6) is 0 Å². The molecule has 0 aliphatic carbocycles. The zero-order chi connectivity index (χ0) is 19.6. The first-order valence-electron chi connectivity index (χ1n) is 8.76. The number of H-pyrrole nitrogens is 2. The Kier molecular flexibility index (Phi) is 7.08. The molecule has 1 aliphatic heterocycles. The monoisotopic (exact) mass is 455 g/mol. The molecule has 1 aromatic heterocycles. The first-order valence-corrected chi connectivity index (χ1v) is 8.76. The Morgan fingerprint density at radius 1 is 1.25 bits per heavy atom. The van der Waals surface area contributed by atoms with Gasteiger partial charge in [-0.1, -0.05) is 0 Å². The number of hydrogen-bond acceptors (Lipinski definition) is 6. The van der Waals surface area contributed by atoms with Crippen LogP contribution < -0.4 is 21.8 Å². The molecule has 0 spiro atoms. The fourth-order valence-electron chi connectivity index (χ4n) is 3.63. The van der Waals surface area contributed by atoms with Crippen LogP contribution in [0.15, 0.2) is 21.7 Å². The van der Waals surface area contributed by atoms with Gasteiger partial charge in [-0.25, -0.2) is 0 Å². The molecule has 4 N–H and O–H groups in total. The van der Waals surface area contributed by atoms with Gasteiger partial charge in [-0.2, -0.15) is 0 Å². The van der Waals surface area contributed by atoms with E-state index in [1.165, 1.54) is 19.1 Å². The number of non-ortho nitro benzene ring substituents is 1. The van der Waals surface area contributed by atoms with Gasteiger partial charge in [0.25, 0.3) is 5.69 Å². The van der Waals surface area contributed by atoms with Crippen molar-refractivity contribution in [2.24, 2.45) is 5.92 Å². The minimum atomic E-state index is -0.870. The van der Waals surface area contributed by atoms with Crippen LogP contribution in [-0.4, -0.2) is 39.9 Å². The van der Waals surface area contributed by atoms with Gasteiger partial charge in [0, 0.05) is 25.1 Å². The lowest BCUT2D eigenvalue weighted by molar-refractivity contribution is -0.384. The van der Waals surface area contributed by atoms with Crippen molar-refractivity contribution in [2.75, 3.05) is 13.1 Å². The number of aromatic amines is 2. The molecule has 28 heavy (non-hydrogen) atoms. The van der Waals surface area contributed by atoms with Crippen molar-refractivity contribution in [2.45, 2.75) is 32.2 Å². The molecule has 0 bridgehead atoms. The predicted molar refractivity (Wildman–Crippen MR) is 109 cm³/mol. The van der Waals surface area contributed by atoms with Crippen LogP contribution >= 0.6 is 17.0 Å². The van der Waals surface area contributed by atoms with Gasteiger partial charge in [0.05, 0.1) is 16.0 Å². The van der Waals surface area contributed by atoms with Gasteiger partial charge in [0.2, 0.25) is 5.91 Å². The molecule has 3 rings (SSSR count). The van der Waals surface area contributed by atoms with Gasteiger partial charge in [-0.15, -0.1) is 17.0 Å². The van der Waals surface area contributed by atoms with Gasteiger partial charge in [-0.3, -0.25) is 24.5 Å². The Morgan fingerprint density at radius 3 is 2.50 bits per heavy atom. The smallest absolute Gasteiger partial charge is 0.314 e. The summed E-state index contributed by atoms with van der Waals surface area (Å²) in [4.78, 5) is 50.7. The first-order chi connectivity index (χ1) is 12.8. The fourth-order valence-corrected chi connectivity index (χ4v) is 3.63. The van der Waals surface area contributed by atoms with Crippen molar-refractivity contribution in [3.8, 4) is 0 Å². The van der Waals surface area contributed by atoms with Crippen LogP contribution in [0.3, 0.4) is 0 Å². The number of nitrogens with one attached hydrogen (secondary N) is 4. The van der Waals surface area contributed by atoms with E-state index in [2.05, 4.69) is 20.6 Å². The van der Waals surface area contributed by atoms with Crippen LogP contribution in [0.25, 0.3) is 11.0 Å². The third-order valence-electron chi connectivity index (χ3n) is 4.89. The Morgan fingerprint density at radius 2 is 1.89 bits per heavy atom. The van der Waals surface area contributed by atoms with Gasteiger partial charge < -0.3 is 20.6 Å². The first kappa shape index (κ1) is 21.8. The highest BCUT2D eigenvalue weighted by Crippen LogP contribution is 2.26. The van der Waals surface area contributed by atoms with Crippen molar-refractivity contribution >= 4 is 39.6 Å². The van der Waals surface area contributed by atoms with E-state index in [0.717, 1.165) is 25.9 Å². The summed E-state index contributed by atoms with van der Waals surface area (Å²) < 4.78 is 0. The van der Waals surface area contributed by atoms with Gasteiger partial charge in [0.15, 0.2) is 0 Å². The average Bonchev–Trinajstić information content (AvgIpc) is 2.62. The molecular weight excluding hydrogens is 434 g/mol. The van der Waals surface area contributed by atoms with Crippen molar-refractivity contribution < 1.29 is 9.72 Å². The van der Waals surface area contributed by atoms with Crippen molar-refractivity contribution in [3.05, 3.63) is 48.5 Å². The van der Waals surface area contributed by atoms with E-state index in [9.17, 15) is 24.5 Å². The topological polar surface area (TPSA) is 150 Å². The SMILES string of the molecule is Br.CC(=O)NC(Cc1cc([N+](=O)[O-])cc2[nH]c(=O)c(=O)[nH]c12)C1CCNCC1. The molecule has 1 aromatic carbocycles. The third kappa shape index (κ3) is 4.84. The molecule has 1 amide bonds. The molecule has 1 unspecified atom stereocenters. The molecule has 2 heterocycles. The fraction of sp³-hybridized carbons (Fsp3) is 0.471. The van der Waals surface area contributed by atoms with Crippen LogP contribution in [0.4, 0.5) is 5.69 Å². The van der Waals surface area contributed by atoms with E-state index in [1.54, 1.807) is 0 Å². The molecule has 11 heteroatoms. The molecule has 1 aliphatic rings. The molecule has 1 atom stereocenters. The van der Waals surface area contributed by atoms with Gasteiger partial charge in [-0.05, 0) is 43.8 Å². The second kappa shape index (κ2) is 9.11. The zero-order valence-electron chi connectivity index (χ0n) is 15.2. The summed E-state index contributed by atoms with van der Waals surface area (Å²) in [6, 6.07) is 2.37. The van der Waals surface area contributed by atoms with E-state index in [1.807, 2.05) is 0 Å². The van der Waals surface area contributed by atoms with Crippen molar-refractivity contribution in [1.29, 1.82) is 0 Å². The van der Waals surface area contributed by atoms with Crippen LogP contribution in [-0.2, 0) is 11.2 Å². The molecule has 152 valence electrons. The quantitative estimate of drug-likeness (QED) is 0.296. The van der Waals surface area contributed by atoms with E-state index in [0.29, 0.717) is 17.5 Å². The number of halogens is 1. The Labute approximate surface area is 170 Å². The van der Waals surface area contributed by atoms with Gasteiger partial charge >= 0.3 is 11.1 Å². The predicted octanol–water partition coefficient (Wildman–Crippen LogP) is 0.749. The maximum atomic E-state index is 11.8. The summed E-state index contributed by atoms with van der Waals surface area (Å²) in [6.45, 7) is 3.10. The summed E-state index contributed by atoms with van der Waals surface area (Å²) in [6.07, 6.45) is 2.04. The number of piperidine rings is 1. The molecule has 1 fully saturated rings. The minimum absolute atomic E-state index is 0. The standard InChI is InChI=1S/C17H21N5O5.BrH/c1-9(23)19-13(10-2-4-18-5-3-10)7-11-6-12(22(26)27)8-14-15(11)21-17(25)16(24)20-14;/h6,8,10,13,18H,2-5,7H2,1H3,(H,19,23)(H,20,24)(H,21,25);1H. The summed E-state index contributed by atoms with van der Waals surface area (Å²) in [5, 5.41) is 17.5. The number of nitro benzene ring substituents is 1. The van der Waals surface area contributed by atoms with Crippen molar-refractivity contribution in [1.82, 2.24) is 20.6 Å². The van der Waals surface area contributed by atoms with Gasteiger partial charge in [0.1, 0.15) is 0 Å². The normalized spacial score (nSPS) is 15.6. The number of carbonyl (C=O) groups excluding carboxylic acids is 1. The highest BCUT2D eigenvalue weighted by molar-refractivity contribution is 8.93. The number of benzene rings is 1. The number of amides is 1. The molecule has 0 saturated carbocycles. The summed E-state index contributed by atoms with van der Waals surface area (Å²) in [7, 11) is 0. The summed E-state index contributed by atoms with van der Waals surface area (Å²) >= 11 is 0. The van der Waals surface area contributed by atoms with Crippen molar-refractivity contribution in [3.63, 3.8) is 0 Å². The lowest BCUT2D eigenvalue weighted by Crippen LogP contribution is -2.45. The largest absolute Gasteiger partial charge is 0.353 e. The molecular formula is C17H22BrN5O5. The Hall–Kier alpha value is -2.53. The lowest BCUT2D eigenvalue weighted by atomic mass is 9.86. The second-order valence-corrected chi connectivity index (χ2v) is 6.79. The van der Waals surface area contributed by atoms with E-state index >= 15 is 0 Å². The van der Waals surface area contributed by atoms with Crippen LogP contribution in [0.2, 0.25) is 0 Å². The van der Waals surface area contributed by atoms with E-state index in [4.69, 9.17) is 0 Å². The highest BCUT2D eigenvalue weighted by Gasteiger charge is 2.26. The number of carbonyl (C=O) groups is 1. The van der Waals surface area contributed by atoms with Crippen LogP contribution in [0.1, 0.15) is 25.3 Å². The number of aromatic nitrogens is 2. The Bertz CT molecular complexity index is 996. The van der Waals surface area contributed by atoms with Crippen LogP contribution in [0, 0.1) is 16.0 Å². The number of nitrogens with zero attached hydrogens (tertiary/aromatic N) is 1. The molecule has 1 saturated heterocycles. The third-order valence-corrected chi connectivity index (χ3v) is 4.89. The molecule has 10 nitrogen and oxygen atoms in total. The average molecular weight is 456 g/mol. The number of nitro groups is 1. The zero-order valence-corrected chi connectivity index (χ0v) is 17.0. The maximum Gasteiger partial charge on any atom is 0.314 e. The Balaban J connectivity index is 0.00000280. The van der Waals surface area contributed by atoms with E-state index < -0.39 is 16.0 Å². The molecule has 2 aromatic rings. The maximum absolute atomic E-state index is 11.8. The lowest BCUT2D eigenvalue weighted by Gasteiger charge is -2.31. The summed E-state index contributed by atoms with van der Waals surface area (Å²) in [5.41, 5.74) is -0.844. The highest BCUT2D eigenvalue weighted by atomic mass is 79.9. The van der Waals surface area contributed by atoms with E-state index in [-0.39, 0.29) is 46.1 Å². The number of hydrogen-bond donors (Lipinski definition) is 4. The number of rotatable bonds is 5. The summed E-state index contributed by atoms with van der Waals surface area (Å²) in [5.74, 6) is 0.0223. The molecule has 0 radical (unpaired) electrons. The number of fused-ring (bicyclic) bond motifs is 1. The minimum Gasteiger partial charge on any atom is -0.353 e.